The van der Waals surface area contributed by atoms with Gasteiger partial charge in [-0.1, -0.05) is 6.07 Å². The van der Waals surface area contributed by atoms with Gasteiger partial charge < -0.3 is 9.73 Å². The summed E-state index contributed by atoms with van der Waals surface area (Å²) in [6, 6.07) is 10.6. The highest BCUT2D eigenvalue weighted by atomic mass is 16.3. The Balaban J connectivity index is 1.87. The van der Waals surface area contributed by atoms with Crippen LogP contribution in [0.4, 0.5) is 5.82 Å². The standard InChI is InChI=1S/C18H15N5O2/c1-11-16-12(18(24)21-15-7-3-4-8-19-15)10-13(14-6-5-9-25-14)20-17(16)23(2)22-11/h3-10H,1-2H3,(H,19,21,24). The number of carbonyl (C=O) groups is 1. The van der Waals surface area contributed by atoms with E-state index < -0.39 is 0 Å². The summed E-state index contributed by atoms with van der Waals surface area (Å²) >= 11 is 0. The summed E-state index contributed by atoms with van der Waals surface area (Å²) in [6.07, 6.45) is 3.20. The highest BCUT2D eigenvalue weighted by molar-refractivity contribution is 6.13. The van der Waals surface area contributed by atoms with Crippen molar-refractivity contribution < 1.29 is 9.21 Å². The number of rotatable bonds is 3. The minimum absolute atomic E-state index is 0.269. The van der Waals surface area contributed by atoms with Gasteiger partial charge in [0.25, 0.3) is 5.91 Å². The number of pyridine rings is 2. The zero-order valence-corrected chi connectivity index (χ0v) is 13.7. The normalized spacial score (nSPS) is 11.0. The van der Waals surface area contributed by atoms with Crippen LogP contribution in [0.3, 0.4) is 0 Å². The van der Waals surface area contributed by atoms with E-state index in [9.17, 15) is 4.79 Å². The molecule has 0 atom stereocenters. The number of hydrogen-bond acceptors (Lipinski definition) is 5. The maximum Gasteiger partial charge on any atom is 0.257 e. The first-order valence-electron chi connectivity index (χ1n) is 7.74. The lowest BCUT2D eigenvalue weighted by molar-refractivity contribution is 0.102. The number of nitrogens with one attached hydrogen (secondary N) is 1. The molecule has 0 aliphatic carbocycles. The van der Waals surface area contributed by atoms with Crippen LogP contribution in [0.1, 0.15) is 16.1 Å². The van der Waals surface area contributed by atoms with Gasteiger partial charge in [-0.15, -0.1) is 0 Å². The van der Waals surface area contributed by atoms with Crippen LogP contribution in [0.25, 0.3) is 22.5 Å². The van der Waals surface area contributed by atoms with Gasteiger partial charge in [0.15, 0.2) is 11.4 Å². The number of hydrogen-bond donors (Lipinski definition) is 1. The van der Waals surface area contributed by atoms with Gasteiger partial charge in [0.1, 0.15) is 11.5 Å². The fourth-order valence-corrected chi connectivity index (χ4v) is 2.79. The van der Waals surface area contributed by atoms with Gasteiger partial charge in [-0.25, -0.2) is 9.97 Å². The zero-order valence-electron chi connectivity index (χ0n) is 13.7. The summed E-state index contributed by atoms with van der Waals surface area (Å²) in [4.78, 5) is 21.6. The minimum atomic E-state index is -0.269. The number of anilines is 1. The van der Waals surface area contributed by atoms with Crippen LogP contribution in [0.2, 0.25) is 0 Å². The van der Waals surface area contributed by atoms with Crippen LogP contribution in [0, 0.1) is 6.92 Å². The predicted octanol–water partition coefficient (Wildman–Crippen LogP) is 3.18. The fourth-order valence-electron chi connectivity index (χ4n) is 2.79. The first-order chi connectivity index (χ1) is 12.1. The number of aryl methyl sites for hydroxylation is 2. The van der Waals surface area contributed by atoms with Crippen LogP contribution in [0.15, 0.2) is 53.3 Å². The predicted molar refractivity (Wildman–Crippen MR) is 93.1 cm³/mol. The summed E-state index contributed by atoms with van der Waals surface area (Å²) in [6.45, 7) is 1.86. The Labute approximate surface area is 143 Å². The van der Waals surface area contributed by atoms with Crippen molar-refractivity contribution in [3.63, 3.8) is 0 Å². The van der Waals surface area contributed by atoms with Gasteiger partial charge in [-0.2, -0.15) is 5.10 Å². The number of aromatic nitrogens is 4. The molecule has 0 aliphatic heterocycles. The minimum Gasteiger partial charge on any atom is -0.463 e. The Bertz CT molecular complexity index is 1050. The topological polar surface area (TPSA) is 85.8 Å². The third-order valence-corrected chi connectivity index (χ3v) is 3.89. The third kappa shape index (κ3) is 2.65. The van der Waals surface area contributed by atoms with Crippen molar-refractivity contribution in [1.29, 1.82) is 0 Å². The van der Waals surface area contributed by atoms with E-state index in [2.05, 4.69) is 20.4 Å². The largest absolute Gasteiger partial charge is 0.463 e. The molecule has 4 aromatic heterocycles. The quantitative estimate of drug-likeness (QED) is 0.622. The number of furan rings is 1. The molecular formula is C18H15N5O2. The van der Waals surface area contributed by atoms with Crippen LogP contribution >= 0.6 is 0 Å². The van der Waals surface area contributed by atoms with E-state index >= 15 is 0 Å². The van der Waals surface area contributed by atoms with E-state index in [1.807, 2.05) is 13.0 Å². The molecule has 4 heterocycles. The molecular weight excluding hydrogens is 318 g/mol. The molecule has 124 valence electrons. The fraction of sp³-hybridized carbons (Fsp3) is 0.111. The van der Waals surface area contributed by atoms with Gasteiger partial charge in [-0.3, -0.25) is 9.48 Å². The summed E-state index contributed by atoms with van der Waals surface area (Å²) in [5, 5.41) is 7.92. The molecule has 1 amide bonds. The molecule has 0 saturated carbocycles. The van der Waals surface area contributed by atoms with E-state index in [0.29, 0.717) is 33.9 Å². The van der Waals surface area contributed by atoms with Gasteiger partial charge >= 0.3 is 0 Å². The van der Waals surface area contributed by atoms with Crippen molar-refractivity contribution >= 4 is 22.8 Å². The van der Waals surface area contributed by atoms with E-state index in [1.54, 1.807) is 54.5 Å². The average molecular weight is 333 g/mol. The second-order valence-corrected chi connectivity index (χ2v) is 5.61. The van der Waals surface area contributed by atoms with Crippen molar-refractivity contribution in [2.24, 2.45) is 7.05 Å². The van der Waals surface area contributed by atoms with Crippen molar-refractivity contribution in [3.8, 4) is 11.5 Å². The highest BCUT2D eigenvalue weighted by Gasteiger charge is 2.20. The van der Waals surface area contributed by atoms with Gasteiger partial charge in [0.2, 0.25) is 0 Å². The van der Waals surface area contributed by atoms with Gasteiger partial charge in [-0.05, 0) is 37.3 Å². The second kappa shape index (κ2) is 5.86. The van der Waals surface area contributed by atoms with E-state index in [1.165, 1.54) is 0 Å². The summed E-state index contributed by atoms with van der Waals surface area (Å²) in [7, 11) is 1.80. The number of nitrogens with zero attached hydrogens (tertiary/aromatic N) is 4. The highest BCUT2D eigenvalue weighted by Crippen LogP contribution is 2.27. The monoisotopic (exact) mass is 333 g/mol. The SMILES string of the molecule is Cc1nn(C)c2nc(-c3ccco3)cc(C(=O)Nc3ccccn3)c12. The molecule has 0 saturated heterocycles. The van der Waals surface area contributed by atoms with E-state index in [4.69, 9.17) is 4.42 Å². The van der Waals surface area contributed by atoms with Crippen molar-refractivity contribution in [3.05, 3.63) is 60.1 Å². The first-order valence-corrected chi connectivity index (χ1v) is 7.74. The molecule has 25 heavy (non-hydrogen) atoms. The molecule has 4 aromatic rings. The molecule has 0 unspecified atom stereocenters. The summed E-state index contributed by atoms with van der Waals surface area (Å²) in [5.41, 5.74) is 2.42. The maximum absolute atomic E-state index is 12.9. The Morgan fingerprint density at radius 1 is 1.24 bits per heavy atom. The Kier molecular flexibility index (Phi) is 3.53. The van der Waals surface area contributed by atoms with Gasteiger partial charge in [0, 0.05) is 13.2 Å². The van der Waals surface area contributed by atoms with Crippen molar-refractivity contribution in [2.75, 3.05) is 5.32 Å². The lowest BCUT2D eigenvalue weighted by Gasteiger charge is -2.08. The molecule has 0 radical (unpaired) electrons. The Morgan fingerprint density at radius 2 is 2.12 bits per heavy atom. The Hall–Kier alpha value is -3.48. The second-order valence-electron chi connectivity index (χ2n) is 5.61. The zero-order chi connectivity index (χ0) is 17.4. The average Bonchev–Trinajstić information content (AvgIpc) is 3.24. The number of amides is 1. The molecule has 0 aromatic carbocycles. The lowest BCUT2D eigenvalue weighted by Crippen LogP contribution is -2.14. The van der Waals surface area contributed by atoms with Gasteiger partial charge in [0.05, 0.1) is 22.9 Å². The van der Waals surface area contributed by atoms with Crippen molar-refractivity contribution in [2.45, 2.75) is 6.92 Å². The lowest BCUT2D eigenvalue weighted by atomic mass is 10.1. The molecule has 0 aliphatic rings. The number of carbonyl (C=O) groups excluding carboxylic acids is 1. The summed E-state index contributed by atoms with van der Waals surface area (Å²) < 4.78 is 7.09. The molecule has 4 rings (SSSR count). The molecule has 0 fully saturated rings. The maximum atomic E-state index is 12.9. The van der Waals surface area contributed by atoms with E-state index in [0.717, 1.165) is 5.69 Å². The smallest absolute Gasteiger partial charge is 0.257 e. The molecule has 0 bridgehead atoms. The van der Waals surface area contributed by atoms with Crippen LogP contribution in [-0.4, -0.2) is 25.7 Å². The molecule has 0 spiro atoms. The van der Waals surface area contributed by atoms with Crippen LogP contribution in [-0.2, 0) is 7.05 Å². The summed E-state index contributed by atoms with van der Waals surface area (Å²) in [5.74, 6) is 0.807. The van der Waals surface area contributed by atoms with Crippen LogP contribution < -0.4 is 5.32 Å². The molecule has 7 heteroatoms. The van der Waals surface area contributed by atoms with Crippen molar-refractivity contribution in [1.82, 2.24) is 19.7 Å². The van der Waals surface area contributed by atoms with Crippen LogP contribution in [0.5, 0.6) is 0 Å². The number of fused-ring (bicyclic) bond motifs is 1. The van der Waals surface area contributed by atoms with E-state index in [-0.39, 0.29) is 5.91 Å². The first kappa shape index (κ1) is 15.1. The molecule has 7 nitrogen and oxygen atoms in total. The molecule has 1 N–H and O–H groups in total. The Morgan fingerprint density at radius 3 is 2.84 bits per heavy atom. The third-order valence-electron chi connectivity index (χ3n) is 3.89.